The summed E-state index contributed by atoms with van der Waals surface area (Å²) in [5, 5.41) is 10.1. The van der Waals surface area contributed by atoms with E-state index in [9.17, 15) is 5.11 Å². The van der Waals surface area contributed by atoms with Crippen LogP contribution < -0.4 is 4.90 Å². The van der Waals surface area contributed by atoms with Crippen LogP contribution >= 0.6 is 0 Å². The largest absolute Gasteiger partial charge is 0.391 e. The molecular formula is C25H31N5O. The zero-order chi connectivity index (χ0) is 22.4. The minimum absolute atomic E-state index is 0.338. The van der Waals surface area contributed by atoms with Gasteiger partial charge in [0, 0.05) is 69.5 Å². The van der Waals surface area contributed by atoms with Gasteiger partial charge in [-0.1, -0.05) is 36.9 Å². The molecule has 1 aromatic heterocycles. The molecule has 0 amide bonds. The van der Waals surface area contributed by atoms with Crippen LogP contribution in [0.3, 0.4) is 0 Å². The summed E-state index contributed by atoms with van der Waals surface area (Å²) in [5.41, 5.74) is 4.90. The van der Waals surface area contributed by atoms with Gasteiger partial charge in [-0.3, -0.25) is 4.99 Å². The standard InChI is InChI=1S/C25H31N5O/c1-6-18(14-26-3)23-15-27-24(28-25(23)30-12-11-22(31)17-30)21-10-8-9-20(13-21)19(7-2)16-29(4)5/h6-10,13-16,22,31H,2,11-12,17H2,1,3-5H3/b18-6+,19-16+,26-14-. The minimum Gasteiger partial charge on any atom is -0.391 e. The number of allylic oxidation sites excluding steroid dienone is 4. The zero-order valence-electron chi connectivity index (χ0n) is 18.8. The second kappa shape index (κ2) is 10.2. The van der Waals surface area contributed by atoms with E-state index in [4.69, 9.17) is 4.98 Å². The van der Waals surface area contributed by atoms with E-state index in [1.165, 1.54) is 0 Å². The molecule has 1 atom stereocenters. The summed E-state index contributed by atoms with van der Waals surface area (Å²) in [4.78, 5) is 17.9. The molecule has 1 aliphatic rings. The first-order valence-electron chi connectivity index (χ1n) is 10.5. The molecule has 0 saturated carbocycles. The number of hydrogen-bond acceptors (Lipinski definition) is 6. The van der Waals surface area contributed by atoms with Gasteiger partial charge in [-0.05, 0) is 30.5 Å². The van der Waals surface area contributed by atoms with Gasteiger partial charge >= 0.3 is 0 Å². The Bertz CT molecular complexity index is 1020. The topological polar surface area (TPSA) is 64.9 Å². The highest BCUT2D eigenvalue weighted by molar-refractivity contribution is 6.11. The van der Waals surface area contributed by atoms with Crippen molar-refractivity contribution in [3.8, 4) is 11.4 Å². The molecule has 0 spiro atoms. The Labute approximate surface area is 185 Å². The Hall–Kier alpha value is -3.25. The molecule has 1 aliphatic heterocycles. The van der Waals surface area contributed by atoms with Gasteiger partial charge < -0.3 is 14.9 Å². The predicted molar refractivity (Wildman–Crippen MR) is 130 cm³/mol. The molecule has 2 heterocycles. The SMILES string of the molecule is C=C/C(=C\N(C)C)c1cccc(-c2ncc(C(/C=N\C)=C/C)c(N3CCC(O)C3)n2)c1. The average molecular weight is 418 g/mol. The number of nitrogens with zero attached hydrogens (tertiary/aromatic N) is 5. The Morgan fingerprint density at radius 2 is 2.13 bits per heavy atom. The lowest BCUT2D eigenvalue weighted by molar-refractivity contribution is 0.198. The normalized spacial score (nSPS) is 17.5. The van der Waals surface area contributed by atoms with E-state index in [1.54, 1.807) is 7.05 Å². The van der Waals surface area contributed by atoms with Crippen molar-refractivity contribution in [1.29, 1.82) is 0 Å². The number of aromatic nitrogens is 2. The van der Waals surface area contributed by atoms with Crippen LogP contribution in [0.1, 0.15) is 24.5 Å². The monoisotopic (exact) mass is 417 g/mol. The fourth-order valence-electron chi connectivity index (χ4n) is 3.69. The van der Waals surface area contributed by atoms with Crippen LogP contribution in [0.4, 0.5) is 5.82 Å². The van der Waals surface area contributed by atoms with Crippen molar-refractivity contribution in [2.45, 2.75) is 19.4 Å². The maximum Gasteiger partial charge on any atom is 0.161 e. The summed E-state index contributed by atoms with van der Waals surface area (Å²) < 4.78 is 0. The summed E-state index contributed by atoms with van der Waals surface area (Å²) in [6, 6.07) is 8.16. The lowest BCUT2D eigenvalue weighted by Gasteiger charge is -2.21. The molecule has 6 heteroatoms. The van der Waals surface area contributed by atoms with E-state index < -0.39 is 0 Å². The van der Waals surface area contributed by atoms with Gasteiger partial charge in [0.2, 0.25) is 0 Å². The van der Waals surface area contributed by atoms with E-state index in [0.29, 0.717) is 12.4 Å². The van der Waals surface area contributed by atoms with Crippen LogP contribution in [-0.2, 0) is 0 Å². The first kappa shape index (κ1) is 22.4. The molecule has 0 bridgehead atoms. The third-order valence-corrected chi connectivity index (χ3v) is 5.19. The van der Waals surface area contributed by atoms with Crippen molar-refractivity contribution in [3.05, 3.63) is 66.5 Å². The number of β-amino-alcohol motifs (C(OH)–C–C–N with tert-alkyl or cyclic N) is 1. The highest BCUT2D eigenvalue weighted by Gasteiger charge is 2.25. The van der Waals surface area contributed by atoms with E-state index in [-0.39, 0.29) is 6.10 Å². The third kappa shape index (κ3) is 5.27. The van der Waals surface area contributed by atoms with Gasteiger partial charge in [0.05, 0.1) is 6.10 Å². The number of benzene rings is 1. The Kier molecular flexibility index (Phi) is 7.36. The number of aliphatic imine (C=N–C) groups is 1. The molecular weight excluding hydrogens is 386 g/mol. The Balaban J connectivity index is 2.09. The highest BCUT2D eigenvalue weighted by Crippen LogP contribution is 2.30. The molecule has 1 fully saturated rings. The van der Waals surface area contributed by atoms with E-state index in [0.717, 1.165) is 46.6 Å². The Morgan fingerprint density at radius 1 is 1.32 bits per heavy atom. The summed E-state index contributed by atoms with van der Waals surface area (Å²) in [5.74, 6) is 1.48. The predicted octanol–water partition coefficient (Wildman–Crippen LogP) is 3.91. The molecule has 31 heavy (non-hydrogen) atoms. The molecule has 1 aromatic carbocycles. The minimum atomic E-state index is -0.338. The van der Waals surface area contributed by atoms with Crippen LogP contribution in [0, 0.1) is 0 Å². The van der Waals surface area contributed by atoms with E-state index in [1.807, 2.05) is 68.8 Å². The van der Waals surface area contributed by atoms with Gasteiger partial charge in [-0.15, -0.1) is 0 Å². The molecule has 0 aliphatic carbocycles. The third-order valence-electron chi connectivity index (χ3n) is 5.19. The van der Waals surface area contributed by atoms with Crippen LogP contribution in [0.5, 0.6) is 0 Å². The van der Waals surface area contributed by atoms with Crippen molar-refractivity contribution in [3.63, 3.8) is 0 Å². The number of aliphatic hydroxyl groups is 1. The smallest absolute Gasteiger partial charge is 0.161 e. The summed E-state index contributed by atoms with van der Waals surface area (Å²) in [6.07, 6.45) is 9.96. The van der Waals surface area contributed by atoms with Crippen molar-refractivity contribution in [2.24, 2.45) is 4.99 Å². The second-order valence-electron chi connectivity index (χ2n) is 7.78. The molecule has 3 rings (SSSR count). The van der Waals surface area contributed by atoms with Crippen LogP contribution in [0.2, 0.25) is 0 Å². The lowest BCUT2D eigenvalue weighted by atomic mass is 10.0. The van der Waals surface area contributed by atoms with Gasteiger partial charge in [-0.2, -0.15) is 0 Å². The number of anilines is 1. The summed E-state index contributed by atoms with van der Waals surface area (Å²) >= 11 is 0. The maximum absolute atomic E-state index is 10.1. The molecule has 1 unspecified atom stereocenters. The summed E-state index contributed by atoms with van der Waals surface area (Å²) in [7, 11) is 5.73. The molecule has 162 valence electrons. The fraction of sp³-hybridized carbons (Fsp3) is 0.320. The molecule has 2 aromatic rings. The second-order valence-corrected chi connectivity index (χ2v) is 7.78. The molecule has 1 saturated heterocycles. The molecule has 6 nitrogen and oxygen atoms in total. The van der Waals surface area contributed by atoms with Gasteiger partial charge in [0.15, 0.2) is 5.82 Å². The van der Waals surface area contributed by atoms with E-state index in [2.05, 4.69) is 33.6 Å². The van der Waals surface area contributed by atoms with Gasteiger partial charge in [0.25, 0.3) is 0 Å². The van der Waals surface area contributed by atoms with Crippen molar-refractivity contribution < 1.29 is 5.11 Å². The molecule has 0 radical (unpaired) electrons. The quantitative estimate of drug-likeness (QED) is 0.547. The van der Waals surface area contributed by atoms with Crippen molar-refractivity contribution >= 4 is 23.2 Å². The first-order chi connectivity index (χ1) is 15.0. The highest BCUT2D eigenvalue weighted by atomic mass is 16.3. The number of rotatable bonds is 7. The Morgan fingerprint density at radius 3 is 2.74 bits per heavy atom. The van der Waals surface area contributed by atoms with E-state index >= 15 is 0 Å². The van der Waals surface area contributed by atoms with Gasteiger partial charge in [0.1, 0.15) is 5.82 Å². The first-order valence-corrected chi connectivity index (χ1v) is 10.5. The average Bonchev–Trinajstić information content (AvgIpc) is 3.21. The van der Waals surface area contributed by atoms with Gasteiger partial charge in [-0.25, -0.2) is 9.97 Å². The van der Waals surface area contributed by atoms with Crippen LogP contribution in [-0.4, -0.2) is 66.5 Å². The summed E-state index contributed by atoms with van der Waals surface area (Å²) in [6.45, 7) is 7.25. The van der Waals surface area contributed by atoms with Crippen molar-refractivity contribution in [2.75, 3.05) is 39.1 Å². The number of aliphatic hydroxyl groups excluding tert-OH is 1. The fourth-order valence-corrected chi connectivity index (χ4v) is 3.69. The zero-order valence-corrected chi connectivity index (χ0v) is 18.8. The maximum atomic E-state index is 10.1. The lowest BCUT2D eigenvalue weighted by Crippen LogP contribution is -2.24. The molecule has 1 N–H and O–H groups in total. The van der Waals surface area contributed by atoms with Crippen molar-refractivity contribution in [1.82, 2.24) is 14.9 Å². The van der Waals surface area contributed by atoms with Crippen LogP contribution in [0.15, 0.2) is 60.4 Å². The van der Waals surface area contributed by atoms with Crippen LogP contribution in [0.25, 0.3) is 22.5 Å². The number of hydrogen-bond donors (Lipinski definition) is 1.